The highest BCUT2D eigenvalue weighted by molar-refractivity contribution is 14.1. The molecule has 0 aliphatic carbocycles. The number of methoxy groups -OCH3 is 1. The van der Waals surface area contributed by atoms with Gasteiger partial charge in [0.2, 0.25) is 0 Å². The number of hydrogen-bond acceptors (Lipinski definition) is 4. The zero-order chi connectivity index (χ0) is 23.5. The largest absolute Gasteiger partial charge is 0.488 e. The summed E-state index contributed by atoms with van der Waals surface area (Å²) in [5, 5.41) is 3.80. The van der Waals surface area contributed by atoms with Crippen LogP contribution in [-0.2, 0) is 14.4 Å². The SMILES string of the molecule is COC(=O)c1cc2ccccc2c(-c2c(OCc3ccccc3)ccc3ccccc23)c1I=O. The summed E-state index contributed by atoms with van der Waals surface area (Å²) in [6, 6.07) is 31.6. The minimum Gasteiger partial charge on any atom is -0.488 e. The first kappa shape index (κ1) is 22.2. The maximum atomic E-state index is 12.7. The Labute approximate surface area is 207 Å². The molecule has 5 aromatic rings. The van der Waals surface area contributed by atoms with Crippen LogP contribution in [0, 0.1) is 3.57 Å². The lowest BCUT2D eigenvalue weighted by molar-refractivity contribution is 0.0599. The van der Waals surface area contributed by atoms with Gasteiger partial charge in [0.1, 0.15) is 12.4 Å². The number of carbonyl (C=O) groups is 1. The number of fused-ring (bicyclic) bond motifs is 2. The molecule has 34 heavy (non-hydrogen) atoms. The van der Waals surface area contributed by atoms with Crippen molar-refractivity contribution in [2.24, 2.45) is 0 Å². The molecule has 168 valence electrons. The van der Waals surface area contributed by atoms with E-state index in [1.54, 1.807) is 6.07 Å². The van der Waals surface area contributed by atoms with Gasteiger partial charge >= 0.3 is 5.97 Å². The van der Waals surface area contributed by atoms with E-state index in [1.807, 2.05) is 91.0 Å². The van der Waals surface area contributed by atoms with Crippen LogP contribution in [0.15, 0.2) is 97.1 Å². The number of rotatable bonds is 6. The van der Waals surface area contributed by atoms with E-state index in [1.165, 1.54) is 7.11 Å². The Hall–Kier alpha value is -3.58. The summed E-state index contributed by atoms with van der Waals surface area (Å²) in [6.07, 6.45) is 0. The molecule has 0 radical (unpaired) electrons. The van der Waals surface area contributed by atoms with Crippen molar-refractivity contribution in [1.82, 2.24) is 0 Å². The van der Waals surface area contributed by atoms with Crippen LogP contribution >= 0.6 is 21.2 Å². The Bertz CT molecular complexity index is 1530. The lowest BCUT2D eigenvalue weighted by Gasteiger charge is -2.19. The second-order valence-electron chi connectivity index (χ2n) is 7.84. The Morgan fingerprint density at radius 2 is 1.41 bits per heavy atom. The van der Waals surface area contributed by atoms with Gasteiger partial charge in [0.05, 0.1) is 16.2 Å². The fourth-order valence-corrected chi connectivity index (χ4v) is 5.66. The molecule has 0 spiro atoms. The van der Waals surface area contributed by atoms with Gasteiger partial charge in [-0.1, -0.05) is 84.9 Å². The molecule has 0 heterocycles. The molecular formula is C29H21IO4. The number of benzene rings is 5. The van der Waals surface area contributed by atoms with Crippen LogP contribution < -0.4 is 4.74 Å². The number of carbonyl (C=O) groups excluding carboxylic acids is 1. The lowest BCUT2D eigenvalue weighted by Crippen LogP contribution is -2.06. The molecular weight excluding hydrogens is 539 g/mol. The Morgan fingerprint density at radius 3 is 2.12 bits per heavy atom. The van der Waals surface area contributed by atoms with E-state index >= 15 is 0 Å². The molecule has 5 rings (SSSR count). The Balaban J connectivity index is 1.84. The molecule has 0 atom stereocenters. The van der Waals surface area contributed by atoms with Crippen LogP contribution in [0.2, 0.25) is 0 Å². The van der Waals surface area contributed by atoms with Crippen molar-refractivity contribution < 1.29 is 17.3 Å². The van der Waals surface area contributed by atoms with Gasteiger partial charge in [0, 0.05) is 11.1 Å². The monoisotopic (exact) mass is 560 g/mol. The summed E-state index contributed by atoms with van der Waals surface area (Å²) in [4.78, 5) is 12.7. The smallest absolute Gasteiger partial charge is 0.339 e. The Morgan fingerprint density at radius 1 is 0.765 bits per heavy atom. The van der Waals surface area contributed by atoms with Gasteiger partial charge in [-0.2, -0.15) is 0 Å². The van der Waals surface area contributed by atoms with Crippen molar-refractivity contribution >= 4 is 48.7 Å². The number of hydrogen-bond donors (Lipinski definition) is 0. The minimum absolute atomic E-state index is 0.334. The third kappa shape index (κ3) is 4.07. The molecule has 0 saturated heterocycles. The minimum atomic E-state index is -1.70. The van der Waals surface area contributed by atoms with Crippen molar-refractivity contribution in [3.05, 3.63) is 112 Å². The topological polar surface area (TPSA) is 52.6 Å². The molecule has 5 heteroatoms. The van der Waals surface area contributed by atoms with Crippen LogP contribution in [0.3, 0.4) is 0 Å². The summed E-state index contributed by atoms with van der Waals surface area (Å²) in [7, 11) is 1.34. The lowest BCUT2D eigenvalue weighted by atomic mass is 9.91. The van der Waals surface area contributed by atoms with E-state index in [-0.39, 0.29) is 0 Å². The van der Waals surface area contributed by atoms with Crippen molar-refractivity contribution in [1.29, 1.82) is 0 Å². The third-order valence-corrected chi connectivity index (χ3v) is 7.41. The molecule has 0 aliphatic rings. The van der Waals surface area contributed by atoms with Crippen molar-refractivity contribution in [2.75, 3.05) is 7.11 Å². The molecule has 0 unspecified atom stereocenters. The summed E-state index contributed by atoms with van der Waals surface area (Å²) in [5.41, 5.74) is 2.98. The standard InChI is InChI=1S/C29H21IO4/c1-33-29(31)24-17-21-12-6-8-14-23(21)27(28(24)30-32)26-22-13-7-5-11-20(22)15-16-25(26)34-18-19-9-3-2-4-10-19/h2-17H,18H2,1H3. The predicted molar refractivity (Wildman–Crippen MR) is 142 cm³/mol. The molecule has 4 nitrogen and oxygen atoms in total. The molecule has 0 N–H and O–H groups in total. The molecule has 0 bridgehead atoms. The van der Waals surface area contributed by atoms with Gasteiger partial charge < -0.3 is 9.47 Å². The van der Waals surface area contributed by atoms with Crippen molar-refractivity contribution in [3.8, 4) is 16.9 Å². The van der Waals surface area contributed by atoms with E-state index in [4.69, 9.17) is 9.47 Å². The van der Waals surface area contributed by atoms with Gasteiger partial charge in [0.25, 0.3) is 0 Å². The molecule has 0 aromatic heterocycles. The maximum Gasteiger partial charge on any atom is 0.339 e. The number of ether oxygens (including phenoxy) is 2. The second-order valence-corrected chi connectivity index (χ2v) is 9.36. The highest BCUT2D eigenvalue weighted by Gasteiger charge is 2.24. The van der Waals surface area contributed by atoms with E-state index < -0.39 is 27.2 Å². The quantitative estimate of drug-likeness (QED) is 0.159. The molecule has 0 fully saturated rings. The molecule has 0 amide bonds. The van der Waals surface area contributed by atoms with Crippen LogP contribution in [0.25, 0.3) is 32.7 Å². The van der Waals surface area contributed by atoms with Crippen LogP contribution in [0.5, 0.6) is 5.75 Å². The van der Waals surface area contributed by atoms with Crippen LogP contribution in [0.1, 0.15) is 15.9 Å². The van der Waals surface area contributed by atoms with E-state index in [2.05, 4.69) is 0 Å². The first-order valence-corrected chi connectivity index (χ1v) is 12.8. The highest BCUT2D eigenvalue weighted by atomic mass is 127. The zero-order valence-electron chi connectivity index (χ0n) is 18.5. The molecule has 0 saturated carbocycles. The summed E-state index contributed by atoms with van der Waals surface area (Å²) in [6.45, 7) is 0.391. The average Bonchev–Trinajstić information content (AvgIpc) is 2.90. The highest BCUT2D eigenvalue weighted by Crippen LogP contribution is 2.45. The number of esters is 1. The Kier molecular flexibility index (Phi) is 6.36. The number of halogens is 1. The fourth-order valence-electron chi connectivity index (χ4n) is 4.27. The van der Waals surface area contributed by atoms with E-state index in [9.17, 15) is 7.86 Å². The fraction of sp³-hybridized carbons (Fsp3) is 0.0690. The van der Waals surface area contributed by atoms with E-state index in [0.717, 1.165) is 38.2 Å². The van der Waals surface area contributed by atoms with Gasteiger partial charge in [-0.3, -0.25) is 3.07 Å². The normalized spacial score (nSPS) is 11.0. The van der Waals surface area contributed by atoms with Crippen LogP contribution in [-0.4, -0.2) is 13.1 Å². The van der Waals surface area contributed by atoms with Gasteiger partial charge in [-0.25, -0.2) is 4.79 Å². The summed E-state index contributed by atoms with van der Waals surface area (Å²) >= 11 is -1.70. The first-order chi connectivity index (χ1) is 16.7. The summed E-state index contributed by atoms with van der Waals surface area (Å²) in [5.74, 6) is 0.179. The van der Waals surface area contributed by atoms with E-state index in [0.29, 0.717) is 21.5 Å². The second kappa shape index (κ2) is 9.73. The zero-order valence-corrected chi connectivity index (χ0v) is 20.6. The van der Waals surface area contributed by atoms with Gasteiger partial charge in [-0.15, -0.1) is 0 Å². The van der Waals surface area contributed by atoms with Crippen molar-refractivity contribution in [3.63, 3.8) is 0 Å². The first-order valence-electron chi connectivity index (χ1n) is 10.8. The summed E-state index contributed by atoms with van der Waals surface area (Å²) < 4.78 is 24.6. The van der Waals surface area contributed by atoms with Crippen LogP contribution in [0.4, 0.5) is 0 Å². The molecule has 0 aliphatic heterocycles. The van der Waals surface area contributed by atoms with Crippen molar-refractivity contribution in [2.45, 2.75) is 6.61 Å². The third-order valence-electron chi connectivity index (χ3n) is 5.85. The molecule has 5 aromatic carbocycles. The predicted octanol–water partition coefficient (Wildman–Crippen LogP) is 7.51. The van der Waals surface area contributed by atoms with Gasteiger partial charge in [0.15, 0.2) is 21.2 Å². The average molecular weight is 560 g/mol. The van der Waals surface area contributed by atoms with Gasteiger partial charge in [-0.05, 0) is 39.2 Å². The maximum absolute atomic E-state index is 12.7.